The molecule has 2 N–H and O–H groups in total. The summed E-state index contributed by atoms with van der Waals surface area (Å²) in [6.45, 7) is 8.96. The molecule has 0 aromatic heterocycles. The van der Waals surface area contributed by atoms with Crippen LogP contribution in [-0.2, 0) is 6.54 Å². The number of rotatable bonds is 10. The number of halogens is 3. The summed E-state index contributed by atoms with van der Waals surface area (Å²) in [4.78, 5) is 9.15. The molecule has 2 rings (SSSR count). The van der Waals surface area contributed by atoms with E-state index in [1.165, 1.54) is 0 Å². The summed E-state index contributed by atoms with van der Waals surface area (Å²) < 4.78 is 36.1. The van der Waals surface area contributed by atoms with Crippen molar-refractivity contribution in [1.29, 1.82) is 0 Å². The summed E-state index contributed by atoms with van der Waals surface area (Å²) in [5.74, 6) is 1.47. The van der Waals surface area contributed by atoms with Gasteiger partial charge in [-0.1, -0.05) is 26.0 Å². The fraction of sp³-hybridized carbons (Fsp3) is 0.682. The van der Waals surface area contributed by atoms with Gasteiger partial charge in [0.15, 0.2) is 17.5 Å². The molecule has 0 spiro atoms. The number of likely N-dealkylation sites (N-methyl/N-ethyl adjacent to an activating group) is 1. The molecular weight excluding hydrogens is 531 g/mol. The van der Waals surface area contributed by atoms with Crippen molar-refractivity contribution >= 4 is 29.9 Å². The van der Waals surface area contributed by atoms with Crippen LogP contribution in [0.4, 0.5) is 8.78 Å². The summed E-state index contributed by atoms with van der Waals surface area (Å²) in [5.41, 5.74) is 0.577. The first-order valence-corrected chi connectivity index (χ1v) is 10.9. The maximum atomic E-state index is 12.9. The Morgan fingerprint density at radius 3 is 2.41 bits per heavy atom. The Bertz CT molecular complexity index is 701. The number of alkyl halides is 2. The summed E-state index contributed by atoms with van der Waals surface area (Å²) in [6, 6.07) is 5.51. The van der Waals surface area contributed by atoms with Gasteiger partial charge in [0, 0.05) is 57.9 Å². The molecule has 7 nitrogen and oxygen atoms in total. The van der Waals surface area contributed by atoms with E-state index in [1.54, 1.807) is 32.2 Å². The summed E-state index contributed by atoms with van der Waals surface area (Å²) >= 11 is 0. The molecule has 1 aliphatic heterocycles. The summed E-state index contributed by atoms with van der Waals surface area (Å²) in [7, 11) is 3.85. The molecule has 10 heteroatoms. The molecule has 1 unspecified atom stereocenters. The minimum absolute atomic E-state index is 0. The minimum atomic E-state index is -2.92. The van der Waals surface area contributed by atoms with Gasteiger partial charge in [-0.2, -0.15) is 8.78 Å². The average molecular weight is 569 g/mol. The topological polar surface area (TPSA) is 61.4 Å². The third kappa shape index (κ3) is 8.86. The van der Waals surface area contributed by atoms with Gasteiger partial charge in [0.2, 0.25) is 0 Å². The SMILES string of the molecule is CCOc1cccc(CNC(=NC)NCC(C(C)C)N2CCN(C)CC2)c1OC(F)F.I. The van der Waals surface area contributed by atoms with Gasteiger partial charge in [-0.15, -0.1) is 24.0 Å². The van der Waals surface area contributed by atoms with Crippen LogP contribution in [-0.4, -0.2) is 81.8 Å². The fourth-order valence-corrected chi connectivity index (χ4v) is 3.73. The molecule has 0 saturated carbocycles. The second kappa shape index (κ2) is 14.7. The van der Waals surface area contributed by atoms with Crippen LogP contribution in [0.2, 0.25) is 0 Å². The highest BCUT2D eigenvalue weighted by Crippen LogP contribution is 2.32. The Balaban J connectivity index is 0.00000512. The standard InChI is InChI=1S/C22H37F2N5O2.HI/c1-6-30-19-9-7-8-17(20(19)31-21(23)24)14-26-22(25-4)27-15-18(16(2)3)29-12-10-28(5)11-13-29;/h7-9,16,18,21H,6,10-15H2,1-5H3,(H2,25,26,27);1H. The third-order valence-electron chi connectivity index (χ3n) is 5.49. The molecule has 0 amide bonds. The van der Waals surface area contributed by atoms with Crippen LogP contribution in [0.3, 0.4) is 0 Å². The quantitative estimate of drug-likeness (QED) is 0.257. The molecule has 0 bridgehead atoms. The van der Waals surface area contributed by atoms with Crippen LogP contribution >= 0.6 is 24.0 Å². The normalized spacial score (nSPS) is 16.6. The predicted octanol–water partition coefficient (Wildman–Crippen LogP) is 3.24. The molecule has 0 radical (unpaired) electrons. The zero-order valence-electron chi connectivity index (χ0n) is 19.7. The van der Waals surface area contributed by atoms with Crippen LogP contribution in [0.1, 0.15) is 26.3 Å². The molecule has 1 heterocycles. The Hall–Kier alpha value is -1.40. The van der Waals surface area contributed by atoms with Crippen molar-refractivity contribution in [2.24, 2.45) is 10.9 Å². The number of nitrogens with one attached hydrogen (secondary N) is 2. The van der Waals surface area contributed by atoms with Gasteiger partial charge in [0.25, 0.3) is 0 Å². The van der Waals surface area contributed by atoms with Gasteiger partial charge in [0.05, 0.1) is 6.61 Å². The monoisotopic (exact) mass is 569 g/mol. The number of hydrogen-bond donors (Lipinski definition) is 2. The van der Waals surface area contributed by atoms with Crippen LogP contribution in [0.5, 0.6) is 11.5 Å². The molecular formula is C22H38F2IN5O2. The van der Waals surface area contributed by atoms with Gasteiger partial charge < -0.3 is 25.0 Å². The Kier molecular flexibility index (Phi) is 13.1. The Morgan fingerprint density at radius 1 is 1.16 bits per heavy atom. The number of guanidine groups is 1. The maximum Gasteiger partial charge on any atom is 0.387 e. The van der Waals surface area contributed by atoms with Crippen molar-refractivity contribution in [2.45, 2.75) is 40.0 Å². The lowest BCUT2D eigenvalue weighted by Gasteiger charge is -2.40. The van der Waals surface area contributed by atoms with Gasteiger partial charge in [-0.3, -0.25) is 9.89 Å². The number of aliphatic imine (C=N–C) groups is 1. The Morgan fingerprint density at radius 2 is 1.84 bits per heavy atom. The number of nitrogens with zero attached hydrogens (tertiary/aromatic N) is 3. The van der Waals surface area contributed by atoms with Crippen molar-refractivity contribution in [3.63, 3.8) is 0 Å². The average Bonchev–Trinajstić information content (AvgIpc) is 2.73. The van der Waals surface area contributed by atoms with Crippen LogP contribution in [0, 0.1) is 5.92 Å². The minimum Gasteiger partial charge on any atom is -0.490 e. The molecule has 1 fully saturated rings. The van der Waals surface area contributed by atoms with Gasteiger partial charge in [0.1, 0.15) is 0 Å². The van der Waals surface area contributed by atoms with E-state index >= 15 is 0 Å². The van der Waals surface area contributed by atoms with Crippen molar-refractivity contribution in [3.8, 4) is 11.5 Å². The largest absolute Gasteiger partial charge is 0.490 e. The molecule has 1 aromatic carbocycles. The van der Waals surface area contributed by atoms with E-state index < -0.39 is 6.61 Å². The van der Waals surface area contributed by atoms with E-state index in [0.29, 0.717) is 35.8 Å². The third-order valence-corrected chi connectivity index (χ3v) is 5.49. The van der Waals surface area contributed by atoms with Crippen molar-refractivity contribution in [2.75, 3.05) is 53.4 Å². The van der Waals surface area contributed by atoms with Gasteiger partial charge in [-0.25, -0.2) is 0 Å². The predicted molar refractivity (Wildman–Crippen MR) is 136 cm³/mol. The maximum absolute atomic E-state index is 12.9. The van der Waals surface area contributed by atoms with Crippen LogP contribution in [0.15, 0.2) is 23.2 Å². The number of piperazine rings is 1. The second-order valence-electron chi connectivity index (χ2n) is 8.01. The van der Waals surface area contributed by atoms with Crippen LogP contribution in [0.25, 0.3) is 0 Å². The number of benzene rings is 1. The lowest BCUT2D eigenvalue weighted by molar-refractivity contribution is -0.0520. The number of para-hydroxylation sites is 1. The van der Waals surface area contributed by atoms with Crippen molar-refractivity contribution < 1.29 is 18.3 Å². The molecule has 1 atom stereocenters. The lowest BCUT2D eigenvalue weighted by atomic mass is 10.0. The first-order valence-electron chi connectivity index (χ1n) is 10.9. The van der Waals surface area contributed by atoms with Gasteiger partial charge in [-0.05, 0) is 26.0 Å². The van der Waals surface area contributed by atoms with Crippen molar-refractivity contribution in [3.05, 3.63) is 23.8 Å². The highest BCUT2D eigenvalue weighted by atomic mass is 127. The molecule has 1 saturated heterocycles. The van der Waals surface area contributed by atoms with E-state index in [4.69, 9.17) is 9.47 Å². The molecule has 1 aliphatic rings. The molecule has 0 aliphatic carbocycles. The zero-order valence-corrected chi connectivity index (χ0v) is 22.1. The van der Waals surface area contributed by atoms with Crippen molar-refractivity contribution in [1.82, 2.24) is 20.4 Å². The van der Waals surface area contributed by atoms with E-state index in [2.05, 4.69) is 46.3 Å². The smallest absolute Gasteiger partial charge is 0.387 e. The highest BCUT2D eigenvalue weighted by Gasteiger charge is 2.25. The summed E-state index contributed by atoms with van der Waals surface area (Å²) in [5, 5.41) is 6.60. The van der Waals surface area contributed by atoms with E-state index in [0.717, 1.165) is 32.7 Å². The van der Waals surface area contributed by atoms with E-state index in [9.17, 15) is 8.78 Å². The second-order valence-corrected chi connectivity index (χ2v) is 8.01. The first kappa shape index (κ1) is 28.6. The van der Waals surface area contributed by atoms with E-state index in [1.807, 2.05) is 0 Å². The Labute approximate surface area is 207 Å². The van der Waals surface area contributed by atoms with Gasteiger partial charge >= 0.3 is 6.61 Å². The number of ether oxygens (including phenoxy) is 2. The molecule has 32 heavy (non-hydrogen) atoms. The highest BCUT2D eigenvalue weighted by molar-refractivity contribution is 14.0. The lowest BCUT2D eigenvalue weighted by Crippen LogP contribution is -2.55. The molecule has 184 valence electrons. The van der Waals surface area contributed by atoms with Crippen LogP contribution < -0.4 is 20.1 Å². The van der Waals surface area contributed by atoms with E-state index in [-0.39, 0.29) is 36.3 Å². The first-order chi connectivity index (χ1) is 14.8. The zero-order chi connectivity index (χ0) is 22.8. The molecule has 1 aromatic rings. The summed E-state index contributed by atoms with van der Waals surface area (Å²) in [6.07, 6.45) is 0. The number of hydrogen-bond acceptors (Lipinski definition) is 5. The fourth-order valence-electron chi connectivity index (χ4n) is 3.73.